The summed E-state index contributed by atoms with van der Waals surface area (Å²) in [7, 11) is 0. The molecule has 0 aliphatic heterocycles. The van der Waals surface area contributed by atoms with Crippen molar-refractivity contribution in [2.75, 3.05) is 13.2 Å². The molecule has 0 unspecified atom stereocenters. The molecule has 0 aromatic rings. The van der Waals surface area contributed by atoms with Gasteiger partial charge in [0.15, 0.2) is 0 Å². The Bertz CT molecular complexity index is 438. The van der Waals surface area contributed by atoms with Crippen LogP contribution < -0.4 is 5.32 Å². The third-order valence-electron chi connectivity index (χ3n) is 6.99. The molecule has 3 heteroatoms. The highest BCUT2D eigenvalue weighted by molar-refractivity contribution is 5.11. The van der Waals surface area contributed by atoms with Crippen LogP contribution in [0.2, 0.25) is 0 Å². The molecule has 0 amide bonds. The first-order valence-corrected chi connectivity index (χ1v) is 9.82. The standard InChI is InChI=1S/C21H41NO2/c1-18(2,3)14-19(4,5)22-12-16(23)13-24-17-11-15-9-10-21(17,8)20(15,6)7/h15-17,22-23H,9-14H2,1-8H3/t15-,16+,17-,21-/m1/s1. The fraction of sp³-hybridized carbons (Fsp3) is 1.00. The molecular weight excluding hydrogens is 298 g/mol. The zero-order chi connectivity index (χ0) is 18.4. The first-order valence-electron chi connectivity index (χ1n) is 9.82. The molecule has 2 aliphatic rings. The molecule has 2 aliphatic carbocycles. The van der Waals surface area contributed by atoms with Gasteiger partial charge in [0.1, 0.15) is 0 Å². The van der Waals surface area contributed by atoms with E-state index < -0.39 is 6.10 Å². The van der Waals surface area contributed by atoms with Crippen LogP contribution in [-0.2, 0) is 4.74 Å². The summed E-state index contributed by atoms with van der Waals surface area (Å²) < 4.78 is 6.21. The lowest BCUT2D eigenvalue weighted by molar-refractivity contribution is -0.0750. The summed E-state index contributed by atoms with van der Waals surface area (Å²) in [4.78, 5) is 0. The van der Waals surface area contributed by atoms with Crippen LogP contribution in [0.15, 0.2) is 0 Å². The predicted octanol–water partition coefficient (Wildman–Crippen LogP) is 4.38. The highest BCUT2D eigenvalue weighted by Gasteiger charge is 2.61. The Morgan fingerprint density at radius 2 is 1.79 bits per heavy atom. The molecular formula is C21H41NO2. The van der Waals surface area contributed by atoms with Gasteiger partial charge in [-0.25, -0.2) is 0 Å². The molecule has 24 heavy (non-hydrogen) atoms. The topological polar surface area (TPSA) is 41.5 Å². The lowest BCUT2D eigenvalue weighted by Gasteiger charge is -2.39. The highest BCUT2D eigenvalue weighted by atomic mass is 16.5. The van der Waals surface area contributed by atoms with Crippen molar-refractivity contribution in [3.05, 3.63) is 0 Å². The minimum atomic E-state index is -0.435. The number of fused-ring (bicyclic) bond motifs is 2. The van der Waals surface area contributed by atoms with Gasteiger partial charge in [-0.2, -0.15) is 0 Å². The van der Waals surface area contributed by atoms with Crippen molar-refractivity contribution in [2.45, 2.75) is 98.8 Å². The molecule has 0 aromatic heterocycles. The predicted molar refractivity (Wildman–Crippen MR) is 101 cm³/mol. The lowest BCUT2D eigenvalue weighted by atomic mass is 9.70. The Morgan fingerprint density at radius 1 is 1.17 bits per heavy atom. The van der Waals surface area contributed by atoms with Gasteiger partial charge in [0.2, 0.25) is 0 Å². The van der Waals surface area contributed by atoms with Gasteiger partial charge >= 0.3 is 0 Å². The average molecular weight is 340 g/mol. The van der Waals surface area contributed by atoms with E-state index in [1.54, 1.807) is 0 Å². The van der Waals surface area contributed by atoms with Gasteiger partial charge in [-0.3, -0.25) is 0 Å². The van der Waals surface area contributed by atoms with Crippen molar-refractivity contribution >= 4 is 0 Å². The maximum absolute atomic E-state index is 10.4. The number of aliphatic hydroxyl groups is 1. The summed E-state index contributed by atoms with van der Waals surface area (Å²) in [6.07, 6.45) is 4.72. The maximum atomic E-state index is 10.4. The number of aliphatic hydroxyl groups excluding tert-OH is 1. The van der Waals surface area contributed by atoms with E-state index in [2.05, 4.69) is 60.7 Å². The van der Waals surface area contributed by atoms with Crippen molar-refractivity contribution in [3.8, 4) is 0 Å². The van der Waals surface area contributed by atoms with Gasteiger partial charge in [0, 0.05) is 12.1 Å². The molecule has 2 fully saturated rings. The van der Waals surface area contributed by atoms with E-state index in [9.17, 15) is 5.11 Å². The van der Waals surface area contributed by atoms with E-state index in [4.69, 9.17) is 4.74 Å². The summed E-state index contributed by atoms with van der Waals surface area (Å²) in [5.41, 5.74) is 0.951. The Hall–Kier alpha value is -0.120. The molecule has 2 bridgehead atoms. The molecule has 2 saturated carbocycles. The van der Waals surface area contributed by atoms with Crippen LogP contribution >= 0.6 is 0 Å². The van der Waals surface area contributed by atoms with E-state index in [0.29, 0.717) is 24.7 Å². The quantitative estimate of drug-likeness (QED) is 0.723. The Labute approximate surface area is 149 Å². The number of hydrogen-bond donors (Lipinski definition) is 2. The number of β-amino-alcohol motifs (C(OH)–C–C–N with tert-alkyl or cyclic N) is 1. The number of hydrogen-bond acceptors (Lipinski definition) is 3. The third-order valence-corrected chi connectivity index (χ3v) is 6.99. The van der Waals surface area contributed by atoms with Crippen LogP contribution in [0.25, 0.3) is 0 Å². The molecule has 0 aromatic carbocycles. The zero-order valence-corrected chi connectivity index (χ0v) is 17.3. The monoisotopic (exact) mass is 339 g/mol. The second-order valence-corrected chi connectivity index (χ2v) is 11.1. The summed E-state index contributed by atoms with van der Waals surface area (Å²) in [6, 6.07) is 0. The van der Waals surface area contributed by atoms with Crippen LogP contribution in [0.3, 0.4) is 0 Å². The average Bonchev–Trinajstić information content (AvgIpc) is 2.73. The molecule has 3 nitrogen and oxygen atoms in total. The van der Waals surface area contributed by atoms with Gasteiger partial charge in [-0.1, -0.05) is 41.5 Å². The Kier molecular flexibility index (Phi) is 5.52. The van der Waals surface area contributed by atoms with Gasteiger partial charge < -0.3 is 15.2 Å². The van der Waals surface area contributed by atoms with Crippen molar-refractivity contribution in [3.63, 3.8) is 0 Å². The Morgan fingerprint density at radius 3 is 2.25 bits per heavy atom. The van der Waals surface area contributed by atoms with Gasteiger partial charge in [-0.15, -0.1) is 0 Å². The SMILES string of the molecule is CC(C)(C)CC(C)(C)NC[C@H](O)CO[C@@H]1C[C@H]2CC[C@@]1(C)C2(C)C. The van der Waals surface area contributed by atoms with Crippen molar-refractivity contribution in [1.82, 2.24) is 5.32 Å². The van der Waals surface area contributed by atoms with Crippen LogP contribution in [-0.4, -0.2) is 36.0 Å². The second-order valence-electron chi connectivity index (χ2n) is 11.1. The number of ether oxygens (including phenoxy) is 1. The first kappa shape index (κ1) is 20.2. The largest absolute Gasteiger partial charge is 0.389 e. The minimum absolute atomic E-state index is 0.0274. The van der Waals surface area contributed by atoms with Crippen molar-refractivity contribution < 1.29 is 9.84 Å². The van der Waals surface area contributed by atoms with Gasteiger partial charge in [0.05, 0.1) is 18.8 Å². The van der Waals surface area contributed by atoms with Crippen LogP contribution in [0, 0.1) is 22.2 Å². The van der Waals surface area contributed by atoms with Crippen molar-refractivity contribution in [1.29, 1.82) is 0 Å². The molecule has 142 valence electrons. The fourth-order valence-corrected chi connectivity index (χ4v) is 5.45. The van der Waals surface area contributed by atoms with E-state index in [-0.39, 0.29) is 16.4 Å². The lowest BCUT2D eigenvalue weighted by Crippen LogP contribution is -2.47. The van der Waals surface area contributed by atoms with Crippen LogP contribution in [0.1, 0.15) is 81.1 Å². The summed E-state index contributed by atoms with van der Waals surface area (Å²) in [5.74, 6) is 0.786. The van der Waals surface area contributed by atoms with E-state index >= 15 is 0 Å². The molecule has 4 atom stereocenters. The third kappa shape index (κ3) is 4.16. The smallest absolute Gasteiger partial charge is 0.0898 e. The summed E-state index contributed by atoms with van der Waals surface area (Å²) in [5, 5.41) is 13.9. The van der Waals surface area contributed by atoms with Gasteiger partial charge in [0.25, 0.3) is 0 Å². The van der Waals surface area contributed by atoms with E-state index in [0.717, 1.165) is 12.3 Å². The van der Waals surface area contributed by atoms with Gasteiger partial charge in [-0.05, 0) is 61.7 Å². The second kappa shape index (κ2) is 6.55. The minimum Gasteiger partial charge on any atom is -0.389 e. The molecule has 0 heterocycles. The van der Waals surface area contributed by atoms with Crippen LogP contribution in [0.4, 0.5) is 0 Å². The zero-order valence-electron chi connectivity index (χ0n) is 17.3. The first-order chi connectivity index (χ1) is 10.8. The van der Waals surface area contributed by atoms with E-state index in [1.165, 1.54) is 19.3 Å². The van der Waals surface area contributed by atoms with E-state index in [1.807, 2.05) is 0 Å². The fourth-order valence-electron chi connectivity index (χ4n) is 5.45. The molecule has 0 radical (unpaired) electrons. The molecule has 0 saturated heterocycles. The highest BCUT2D eigenvalue weighted by Crippen LogP contribution is 2.66. The summed E-state index contributed by atoms with van der Waals surface area (Å²) >= 11 is 0. The maximum Gasteiger partial charge on any atom is 0.0898 e. The molecule has 2 rings (SSSR count). The summed E-state index contributed by atoms with van der Waals surface area (Å²) in [6.45, 7) is 19.4. The molecule has 0 spiro atoms. The molecule has 2 N–H and O–H groups in total. The Balaban J connectivity index is 1.78. The van der Waals surface area contributed by atoms with Crippen molar-refractivity contribution in [2.24, 2.45) is 22.2 Å². The normalized spacial score (nSPS) is 33.9. The number of nitrogens with one attached hydrogen (secondary N) is 1. The number of rotatable bonds is 7. The van der Waals surface area contributed by atoms with Crippen LogP contribution in [0.5, 0.6) is 0 Å².